The van der Waals surface area contributed by atoms with E-state index in [0.717, 1.165) is 12.4 Å². The number of benzene rings is 1. The predicted octanol–water partition coefficient (Wildman–Crippen LogP) is 1.55. The van der Waals surface area contributed by atoms with Crippen LogP contribution in [0.15, 0.2) is 36.5 Å². The molecule has 3 heterocycles. The molecule has 0 saturated carbocycles. The first-order chi connectivity index (χ1) is 11.3. The Morgan fingerprint density at radius 3 is 2.70 bits per heavy atom. The van der Waals surface area contributed by atoms with Gasteiger partial charge in [-0.1, -0.05) is 30.3 Å². The number of hydrogen-bond acceptors (Lipinski definition) is 4. The molecule has 0 aliphatic carbocycles. The first-order valence-electron chi connectivity index (χ1n) is 7.96. The highest BCUT2D eigenvalue weighted by Crippen LogP contribution is 2.36. The molecule has 1 fully saturated rings. The summed E-state index contributed by atoms with van der Waals surface area (Å²) in [5.74, 6) is 0.963. The molecular weight excluding hydrogens is 292 g/mol. The topological polar surface area (TPSA) is 50.6 Å². The molecule has 1 atom stereocenters. The summed E-state index contributed by atoms with van der Waals surface area (Å²) in [6.07, 6.45) is 1.70. The third-order valence-electron chi connectivity index (χ3n) is 4.67. The number of carbonyl (C=O) groups is 1. The number of hydrogen-bond donors (Lipinski definition) is 0. The lowest BCUT2D eigenvalue weighted by atomic mass is 10.1. The molecule has 120 valence electrons. The second kappa shape index (κ2) is 5.70. The van der Waals surface area contributed by atoms with E-state index in [1.54, 1.807) is 6.20 Å². The third kappa shape index (κ3) is 2.39. The second-order valence-corrected chi connectivity index (χ2v) is 6.01. The van der Waals surface area contributed by atoms with Crippen LogP contribution < -0.4 is 4.90 Å². The predicted molar refractivity (Wildman–Crippen MR) is 86.5 cm³/mol. The molecule has 0 radical (unpaired) electrons. The van der Waals surface area contributed by atoms with Crippen molar-refractivity contribution in [3.8, 4) is 0 Å². The highest BCUT2D eigenvalue weighted by molar-refractivity contribution is 5.99. The number of anilines is 1. The Balaban J connectivity index is 1.62. The van der Waals surface area contributed by atoms with Crippen LogP contribution in [0.3, 0.4) is 0 Å². The van der Waals surface area contributed by atoms with Gasteiger partial charge in [-0.05, 0) is 5.56 Å². The van der Waals surface area contributed by atoms with Crippen LogP contribution >= 0.6 is 0 Å². The van der Waals surface area contributed by atoms with Crippen LogP contribution in [0.25, 0.3) is 0 Å². The van der Waals surface area contributed by atoms with Gasteiger partial charge in [0.1, 0.15) is 11.4 Å². The molecule has 1 aromatic carbocycles. The molecule has 0 bridgehead atoms. The van der Waals surface area contributed by atoms with E-state index < -0.39 is 0 Å². The van der Waals surface area contributed by atoms with Crippen molar-refractivity contribution in [3.05, 3.63) is 47.7 Å². The minimum absolute atomic E-state index is 0.0510. The summed E-state index contributed by atoms with van der Waals surface area (Å²) < 4.78 is 7.27. The second-order valence-electron chi connectivity index (χ2n) is 6.01. The van der Waals surface area contributed by atoms with Crippen molar-refractivity contribution in [2.24, 2.45) is 0 Å². The number of ether oxygens (including phenoxy) is 1. The van der Waals surface area contributed by atoms with E-state index in [1.165, 1.54) is 5.56 Å². The van der Waals surface area contributed by atoms with Gasteiger partial charge in [-0.25, -0.2) is 4.68 Å². The number of carbonyl (C=O) groups excluding carboxylic acids is 1. The van der Waals surface area contributed by atoms with Crippen molar-refractivity contribution < 1.29 is 9.53 Å². The van der Waals surface area contributed by atoms with Crippen LogP contribution in [0.5, 0.6) is 0 Å². The summed E-state index contributed by atoms with van der Waals surface area (Å²) >= 11 is 0. The highest BCUT2D eigenvalue weighted by atomic mass is 16.5. The summed E-state index contributed by atoms with van der Waals surface area (Å²) in [4.78, 5) is 16.8. The van der Waals surface area contributed by atoms with Crippen LogP contribution in [-0.2, 0) is 11.3 Å². The fourth-order valence-corrected chi connectivity index (χ4v) is 3.41. The van der Waals surface area contributed by atoms with Crippen molar-refractivity contribution in [1.29, 1.82) is 0 Å². The van der Waals surface area contributed by atoms with Crippen molar-refractivity contribution in [2.45, 2.75) is 12.6 Å². The number of fused-ring (bicyclic) bond motifs is 1. The van der Waals surface area contributed by atoms with E-state index in [4.69, 9.17) is 4.74 Å². The molecule has 6 heteroatoms. The lowest BCUT2D eigenvalue weighted by molar-refractivity contribution is 0.0303. The summed E-state index contributed by atoms with van der Waals surface area (Å²) in [6, 6.07) is 10.6. The lowest BCUT2D eigenvalue weighted by Crippen LogP contribution is -2.41. The first kappa shape index (κ1) is 14.3. The zero-order chi connectivity index (χ0) is 15.8. The van der Waals surface area contributed by atoms with Gasteiger partial charge in [-0.15, -0.1) is 0 Å². The fraction of sp³-hybridized carbons (Fsp3) is 0.412. The molecular formula is C17H20N4O2. The smallest absolute Gasteiger partial charge is 0.259 e. The number of amides is 1. The Morgan fingerprint density at radius 2 is 1.96 bits per heavy atom. The monoisotopic (exact) mass is 312 g/mol. The van der Waals surface area contributed by atoms with E-state index >= 15 is 0 Å². The zero-order valence-electron chi connectivity index (χ0n) is 13.2. The van der Waals surface area contributed by atoms with E-state index in [0.29, 0.717) is 31.9 Å². The van der Waals surface area contributed by atoms with Crippen molar-refractivity contribution >= 4 is 11.7 Å². The van der Waals surface area contributed by atoms with Gasteiger partial charge in [0, 0.05) is 20.1 Å². The molecule has 1 aromatic heterocycles. The minimum atomic E-state index is 0.0510. The molecule has 23 heavy (non-hydrogen) atoms. The molecule has 2 aliphatic heterocycles. The van der Waals surface area contributed by atoms with Crippen molar-refractivity contribution in [3.63, 3.8) is 0 Å². The fourth-order valence-electron chi connectivity index (χ4n) is 3.41. The summed E-state index contributed by atoms with van der Waals surface area (Å²) in [5.41, 5.74) is 1.93. The minimum Gasteiger partial charge on any atom is -0.378 e. The normalized spacial score (nSPS) is 20.7. The summed E-state index contributed by atoms with van der Waals surface area (Å²) in [7, 11) is 2.04. The van der Waals surface area contributed by atoms with Crippen LogP contribution in [-0.4, -0.2) is 53.9 Å². The molecule has 1 amide bonds. The Bertz CT molecular complexity index is 707. The summed E-state index contributed by atoms with van der Waals surface area (Å²) in [6.45, 7) is 3.28. The number of aromatic nitrogens is 2. The average molecular weight is 312 g/mol. The van der Waals surface area contributed by atoms with Gasteiger partial charge < -0.3 is 14.5 Å². The van der Waals surface area contributed by atoms with Gasteiger partial charge in [-0.2, -0.15) is 5.10 Å². The van der Waals surface area contributed by atoms with Crippen molar-refractivity contribution in [1.82, 2.24) is 14.7 Å². The van der Waals surface area contributed by atoms with Crippen molar-refractivity contribution in [2.75, 3.05) is 38.3 Å². The Morgan fingerprint density at radius 1 is 1.22 bits per heavy atom. The van der Waals surface area contributed by atoms with Crippen LogP contribution in [0.1, 0.15) is 22.0 Å². The Hall–Kier alpha value is -2.34. The van der Waals surface area contributed by atoms with E-state index in [1.807, 2.05) is 34.8 Å². The molecule has 1 saturated heterocycles. The van der Waals surface area contributed by atoms with Crippen LogP contribution in [0, 0.1) is 0 Å². The number of likely N-dealkylation sites (N-methyl/N-ethyl adjacent to an activating group) is 1. The van der Waals surface area contributed by atoms with Gasteiger partial charge in [0.2, 0.25) is 0 Å². The average Bonchev–Trinajstić information content (AvgIpc) is 3.16. The Kier molecular flexibility index (Phi) is 3.53. The standard InChI is InChI=1S/C17H20N4O2/c1-19-15(13-5-3-2-4-6-13)12-21-16(19)14(11-18-21)17(22)20-7-9-23-10-8-20/h2-6,11,15H,7-10,12H2,1H3. The molecule has 0 spiro atoms. The van der Waals surface area contributed by atoms with E-state index in [-0.39, 0.29) is 11.9 Å². The lowest BCUT2D eigenvalue weighted by Gasteiger charge is -2.28. The first-order valence-corrected chi connectivity index (χ1v) is 7.96. The molecule has 4 rings (SSSR count). The third-order valence-corrected chi connectivity index (χ3v) is 4.67. The zero-order valence-corrected chi connectivity index (χ0v) is 13.2. The van der Waals surface area contributed by atoms with Crippen LogP contribution in [0.2, 0.25) is 0 Å². The molecule has 6 nitrogen and oxygen atoms in total. The van der Waals surface area contributed by atoms with Gasteiger partial charge in [-0.3, -0.25) is 4.79 Å². The highest BCUT2D eigenvalue weighted by Gasteiger charge is 2.34. The van der Waals surface area contributed by atoms with Gasteiger partial charge in [0.05, 0.1) is 32.0 Å². The SMILES string of the molecule is CN1c2c(C(=O)N3CCOCC3)cnn2CC1c1ccccc1. The Labute approximate surface area is 135 Å². The number of rotatable bonds is 2. The van der Waals surface area contributed by atoms with Gasteiger partial charge >= 0.3 is 0 Å². The maximum Gasteiger partial charge on any atom is 0.259 e. The number of nitrogens with zero attached hydrogens (tertiary/aromatic N) is 4. The number of morpholine rings is 1. The van der Waals surface area contributed by atoms with Gasteiger partial charge in [0.15, 0.2) is 0 Å². The maximum absolute atomic E-state index is 12.8. The quantitative estimate of drug-likeness (QED) is 0.844. The summed E-state index contributed by atoms with van der Waals surface area (Å²) in [5, 5.41) is 4.44. The maximum atomic E-state index is 12.8. The largest absolute Gasteiger partial charge is 0.378 e. The molecule has 2 aromatic rings. The van der Waals surface area contributed by atoms with Crippen LogP contribution in [0.4, 0.5) is 5.82 Å². The molecule has 0 N–H and O–H groups in total. The van der Waals surface area contributed by atoms with E-state index in [9.17, 15) is 4.79 Å². The molecule has 1 unspecified atom stereocenters. The van der Waals surface area contributed by atoms with Gasteiger partial charge in [0.25, 0.3) is 5.91 Å². The molecule has 2 aliphatic rings. The van der Waals surface area contributed by atoms with E-state index in [2.05, 4.69) is 22.1 Å².